The third-order valence-electron chi connectivity index (χ3n) is 15.6. The van der Waals surface area contributed by atoms with Gasteiger partial charge in [-0.05, 0) is 87.5 Å². The minimum absolute atomic E-state index is 0.115. The summed E-state index contributed by atoms with van der Waals surface area (Å²) >= 11 is 0. The fraction of sp³-hybridized carbons (Fsp3) is 0.571. The number of piperidine rings is 1. The van der Waals surface area contributed by atoms with Gasteiger partial charge in [-0.2, -0.15) is 0 Å². The lowest BCUT2D eigenvalue weighted by Gasteiger charge is -2.63. The van der Waals surface area contributed by atoms with Gasteiger partial charge >= 0.3 is 17.9 Å². The lowest BCUT2D eigenvalue weighted by molar-refractivity contribution is -0.228. The molecule has 3 fully saturated rings. The summed E-state index contributed by atoms with van der Waals surface area (Å²) in [7, 11) is 4.04. The molecule has 6 heterocycles. The Balaban J connectivity index is 1.35. The topological polar surface area (TPSA) is 143 Å². The monoisotopic (exact) mass is 878 g/mol. The number of aliphatic hydroxyl groups is 1. The number of para-hydroxylation sites is 1. The number of aromatic amines is 1. The maximum atomic E-state index is 15.5. The number of rotatable bonds is 8. The Hall–Kier alpha value is -4.65. The second kappa shape index (κ2) is 15.0. The molecule has 6 aliphatic rings. The van der Waals surface area contributed by atoms with Crippen molar-refractivity contribution in [1.82, 2.24) is 14.8 Å². The number of hydrogen-bond donors (Lipinski definition) is 2. The van der Waals surface area contributed by atoms with Gasteiger partial charge in [-0.25, -0.2) is 4.79 Å². The first-order valence-electron chi connectivity index (χ1n) is 22.4. The van der Waals surface area contributed by atoms with E-state index in [1.165, 1.54) is 21.1 Å². The van der Waals surface area contributed by atoms with Gasteiger partial charge in [0.25, 0.3) is 0 Å². The van der Waals surface area contributed by atoms with Crippen LogP contribution in [0.25, 0.3) is 10.9 Å². The number of carbonyl (C=O) groups is 3. The highest BCUT2D eigenvalue weighted by molar-refractivity contribution is 6.69. The molecular formula is C49H62N4O9Si. The molecule has 5 aliphatic heterocycles. The molecule has 1 aromatic heterocycles. The Morgan fingerprint density at radius 1 is 1.02 bits per heavy atom. The number of methoxy groups -OCH3 is 3. The first kappa shape index (κ1) is 43.6. The third kappa shape index (κ3) is 5.98. The lowest BCUT2D eigenvalue weighted by atomic mass is 9.47. The van der Waals surface area contributed by atoms with E-state index in [-0.39, 0.29) is 12.0 Å². The van der Waals surface area contributed by atoms with Crippen LogP contribution in [-0.2, 0) is 50.3 Å². The number of esters is 3. The number of fused-ring (bicyclic) bond motifs is 6. The van der Waals surface area contributed by atoms with Crippen molar-refractivity contribution in [2.75, 3.05) is 66.0 Å². The van der Waals surface area contributed by atoms with Crippen molar-refractivity contribution in [3.05, 3.63) is 70.9 Å². The Morgan fingerprint density at radius 2 is 1.76 bits per heavy atom. The summed E-state index contributed by atoms with van der Waals surface area (Å²) in [5, 5.41) is 14.4. The average Bonchev–Trinajstić information content (AvgIpc) is 3.92. The van der Waals surface area contributed by atoms with Gasteiger partial charge in [0.15, 0.2) is 14.4 Å². The van der Waals surface area contributed by atoms with Gasteiger partial charge in [0.05, 0.1) is 27.4 Å². The molecule has 10 atom stereocenters. The van der Waals surface area contributed by atoms with Crippen LogP contribution in [0.4, 0.5) is 5.69 Å². The molecule has 1 aliphatic carbocycles. The second-order valence-corrected chi connectivity index (χ2v) is 24.4. The molecular weight excluding hydrogens is 817 g/mol. The maximum absolute atomic E-state index is 15.5. The SMILES string of the molecule is C#C[C@]1(O[Si](C)(C)C)C[C@H]2CN(CCc3c([nH]c4ccccc34)[C@@](C(=O)OC)(c3cc4c(cc3OC)N(C)[C@H]3[C@@](O)(C(=O)OC)[C@H](OC(C)=O)[C@]5(CC)C=CCN6CC[C@]43[C@@H]65)C2)C1. The number of aromatic nitrogens is 1. The van der Waals surface area contributed by atoms with Gasteiger partial charge in [0.1, 0.15) is 16.8 Å². The summed E-state index contributed by atoms with van der Waals surface area (Å²) in [6, 6.07) is 11.0. The van der Waals surface area contributed by atoms with Crippen LogP contribution < -0.4 is 9.64 Å². The zero-order chi connectivity index (χ0) is 45.1. The fourth-order valence-corrected chi connectivity index (χ4v) is 15.3. The normalized spacial score (nSPS) is 35.5. The van der Waals surface area contributed by atoms with Crippen LogP contribution in [0.15, 0.2) is 48.6 Å². The van der Waals surface area contributed by atoms with E-state index in [1.807, 2.05) is 43.1 Å². The van der Waals surface area contributed by atoms with E-state index in [1.54, 1.807) is 7.11 Å². The minimum atomic E-state index is -2.31. The van der Waals surface area contributed by atoms with Crippen molar-refractivity contribution in [2.45, 2.75) is 106 Å². The second-order valence-electron chi connectivity index (χ2n) is 20.0. The van der Waals surface area contributed by atoms with Crippen LogP contribution in [0.1, 0.15) is 61.9 Å². The zero-order valence-corrected chi connectivity index (χ0v) is 39.1. The van der Waals surface area contributed by atoms with Crippen LogP contribution >= 0.6 is 0 Å². The summed E-state index contributed by atoms with van der Waals surface area (Å²) in [4.78, 5) is 53.7. The number of nitrogens with zero attached hydrogens (tertiary/aromatic N) is 3. The molecule has 2 saturated heterocycles. The van der Waals surface area contributed by atoms with E-state index in [2.05, 4.69) is 64.6 Å². The van der Waals surface area contributed by atoms with Crippen molar-refractivity contribution in [3.63, 3.8) is 0 Å². The standard InChI is InChI=1S/C49H62N4O9Si/c1-11-45(62-63(8,9)10)26-31-27-48(43(55)59-6,39-33(18-22-52(28-31)29-45)32-16-13-14-17-36(32)50-39)35-24-34-37(25-38(35)58-5)51(4)41-47(34)20-23-53-21-15-19-46(12-2,40(47)53)42(61-30(3)54)49(41,57)44(56)60-7/h1,13-17,19,24-25,31,40-42,50,57H,12,18,20-23,26-29H2,2-10H3/t31-,40+,41-,42-,45+,46-,47-,48+,49+/m1/s1. The molecule has 0 amide bonds. The molecule has 2 bridgehead atoms. The van der Waals surface area contributed by atoms with Crippen LogP contribution in [0.3, 0.4) is 0 Å². The van der Waals surface area contributed by atoms with E-state index < -0.39 is 65.8 Å². The number of carbonyl (C=O) groups excluding carboxylic acids is 3. The van der Waals surface area contributed by atoms with Crippen LogP contribution in [0, 0.1) is 23.7 Å². The maximum Gasteiger partial charge on any atom is 0.344 e. The molecule has 2 aromatic carbocycles. The molecule has 63 heavy (non-hydrogen) atoms. The van der Waals surface area contributed by atoms with Crippen molar-refractivity contribution in [1.29, 1.82) is 0 Å². The van der Waals surface area contributed by atoms with Crippen molar-refractivity contribution >= 4 is 42.8 Å². The van der Waals surface area contributed by atoms with Crippen molar-refractivity contribution < 1.29 is 42.9 Å². The van der Waals surface area contributed by atoms with Gasteiger partial charge in [-0.15, -0.1) is 6.42 Å². The molecule has 13 nitrogen and oxygen atoms in total. The lowest BCUT2D eigenvalue weighted by Crippen LogP contribution is -2.81. The Labute approximate surface area is 371 Å². The Kier molecular flexibility index (Phi) is 10.3. The highest BCUT2D eigenvalue weighted by atomic mass is 28.4. The molecule has 3 aromatic rings. The molecule has 9 rings (SSSR count). The number of H-pyrrole nitrogens is 1. The molecule has 0 radical (unpaired) electrons. The van der Waals surface area contributed by atoms with Gasteiger partial charge in [0, 0.05) is 90.9 Å². The van der Waals surface area contributed by atoms with Gasteiger partial charge in [-0.1, -0.05) is 43.2 Å². The van der Waals surface area contributed by atoms with E-state index >= 15 is 4.79 Å². The summed E-state index contributed by atoms with van der Waals surface area (Å²) in [6.07, 6.45) is 11.8. The number of anilines is 1. The predicted octanol–water partition coefficient (Wildman–Crippen LogP) is 5.07. The number of benzene rings is 2. The van der Waals surface area contributed by atoms with Crippen molar-refractivity contribution in [2.24, 2.45) is 11.3 Å². The number of hydrogen-bond acceptors (Lipinski definition) is 12. The minimum Gasteiger partial charge on any atom is -0.496 e. The predicted molar refractivity (Wildman–Crippen MR) is 241 cm³/mol. The first-order valence-corrected chi connectivity index (χ1v) is 25.8. The molecule has 2 N–H and O–H groups in total. The summed E-state index contributed by atoms with van der Waals surface area (Å²) in [6.45, 7) is 13.1. The summed E-state index contributed by atoms with van der Waals surface area (Å²) < 4.78 is 31.1. The van der Waals surface area contributed by atoms with Crippen LogP contribution in [0.2, 0.25) is 19.6 Å². The van der Waals surface area contributed by atoms with E-state index in [9.17, 15) is 14.7 Å². The molecule has 1 unspecified atom stereocenters. The summed E-state index contributed by atoms with van der Waals surface area (Å²) in [5.74, 6) is 1.54. The molecule has 1 saturated carbocycles. The van der Waals surface area contributed by atoms with Crippen molar-refractivity contribution in [3.8, 4) is 18.1 Å². The highest BCUT2D eigenvalue weighted by Crippen LogP contribution is 2.68. The smallest absolute Gasteiger partial charge is 0.344 e. The molecule has 1 spiro atoms. The summed E-state index contributed by atoms with van der Waals surface area (Å²) in [5.41, 5.74) is -1.60. The molecule has 336 valence electrons. The Bertz CT molecular complexity index is 2460. The van der Waals surface area contributed by atoms with Gasteiger partial charge in [0.2, 0.25) is 5.60 Å². The van der Waals surface area contributed by atoms with E-state index in [4.69, 9.17) is 29.8 Å². The third-order valence-corrected chi connectivity index (χ3v) is 16.6. The largest absolute Gasteiger partial charge is 0.496 e. The quantitative estimate of drug-likeness (QED) is 0.103. The first-order chi connectivity index (χ1) is 29.9. The van der Waals surface area contributed by atoms with Crippen LogP contribution in [-0.4, -0.2) is 137 Å². The van der Waals surface area contributed by atoms with E-state index in [0.29, 0.717) is 76.1 Å². The highest BCUT2D eigenvalue weighted by Gasteiger charge is 2.80. The number of ether oxygens (including phenoxy) is 4. The fourth-order valence-electron chi connectivity index (χ4n) is 13.9. The number of nitrogens with one attached hydrogen (secondary N) is 1. The Morgan fingerprint density at radius 3 is 2.43 bits per heavy atom. The number of terminal acetylenes is 1. The van der Waals surface area contributed by atoms with Gasteiger partial charge in [-0.3, -0.25) is 19.4 Å². The van der Waals surface area contributed by atoms with E-state index in [0.717, 1.165) is 33.4 Å². The van der Waals surface area contributed by atoms with Crippen LogP contribution in [0.5, 0.6) is 5.75 Å². The van der Waals surface area contributed by atoms with Gasteiger partial charge < -0.3 is 38.4 Å². The number of likely N-dealkylation sites (N-methyl/N-ethyl adjacent to an activating group) is 1. The molecule has 14 heteroatoms. The average molecular weight is 879 g/mol. The zero-order valence-electron chi connectivity index (χ0n) is 38.1.